The third-order valence-electron chi connectivity index (χ3n) is 1.89. The maximum absolute atomic E-state index is 12.2. The van der Waals surface area contributed by atoms with Crippen molar-refractivity contribution in [1.29, 1.82) is 0 Å². The lowest BCUT2D eigenvalue weighted by molar-refractivity contribution is -0.140. The minimum atomic E-state index is -2.67. The first-order valence-electron chi connectivity index (χ1n) is 4.00. The lowest BCUT2D eigenvalue weighted by Crippen LogP contribution is -2.18. The molecule has 0 amide bonds. The first-order valence-corrected chi connectivity index (χ1v) is 4.00. The fraction of sp³-hybridized carbons (Fsp3) is 0.500. The van der Waals surface area contributed by atoms with Gasteiger partial charge in [0.2, 0.25) is 0 Å². The fourth-order valence-corrected chi connectivity index (χ4v) is 1.12. The number of aromatic nitrogens is 2. The highest BCUT2D eigenvalue weighted by atomic mass is 19.3. The summed E-state index contributed by atoms with van der Waals surface area (Å²) in [5.41, 5.74) is 0.0193. The fourth-order valence-electron chi connectivity index (χ4n) is 1.12. The van der Waals surface area contributed by atoms with Gasteiger partial charge in [-0.05, 0) is 19.9 Å². The number of hydrogen-bond acceptors (Lipinski definition) is 2. The van der Waals surface area contributed by atoms with E-state index >= 15 is 0 Å². The molecule has 0 aliphatic carbocycles. The van der Waals surface area contributed by atoms with Crippen molar-refractivity contribution in [3.8, 4) is 0 Å². The van der Waals surface area contributed by atoms with Gasteiger partial charge in [-0.15, -0.1) is 0 Å². The molecule has 0 radical (unpaired) electrons. The Morgan fingerprint density at radius 1 is 1.64 bits per heavy atom. The Kier molecular flexibility index (Phi) is 2.83. The van der Waals surface area contributed by atoms with Crippen LogP contribution >= 0.6 is 0 Å². The molecule has 0 saturated heterocycles. The van der Waals surface area contributed by atoms with Crippen LogP contribution in [0.5, 0.6) is 0 Å². The van der Waals surface area contributed by atoms with E-state index in [1.54, 1.807) is 6.92 Å². The maximum Gasteiger partial charge on any atom is 0.328 e. The predicted molar refractivity (Wildman–Crippen MR) is 44.3 cm³/mol. The van der Waals surface area contributed by atoms with E-state index in [0.717, 1.165) is 4.68 Å². The summed E-state index contributed by atoms with van der Waals surface area (Å²) >= 11 is 0. The van der Waals surface area contributed by atoms with Gasteiger partial charge in [-0.3, -0.25) is 4.68 Å². The molecule has 1 rings (SSSR count). The van der Waals surface area contributed by atoms with Crippen molar-refractivity contribution in [3.63, 3.8) is 0 Å². The Hall–Kier alpha value is -1.46. The zero-order valence-corrected chi connectivity index (χ0v) is 7.74. The van der Waals surface area contributed by atoms with E-state index in [0.29, 0.717) is 5.69 Å². The molecule has 1 unspecified atom stereocenters. The van der Waals surface area contributed by atoms with Crippen LogP contribution in [0.25, 0.3) is 0 Å². The Morgan fingerprint density at radius 2 is 2.21 bits per heavy atom. The van der Waals surface area contributed by atoms with E-state index < -0.39 is 24.1 Å². The summed E-state index contributed by atoms with van der Waals surface area (Å²) in [4.78, 5) is 10.6. The number of aryl methyl sites for hydroxylation is 1. The highest BCUT2D eigenvalue weighted by Crippen LogP contribution is 2.20. The highest BCUT2D eigenvalue weighted by molar-refractivity contribution is 5.71. The number of nitrogens with zero attached hydrogens (tertiary/aromatic N) is 2. The predicted octanol–water partition coefficient (Wildman–Crippen LogP) is 1.77. The topological polar surface area (TPSA) is 55.1 Å². The van der Waals surface area contributed by atoms with Gasteiger partial charge in [0.15, 0.2) is 0 Å². The molecule has 1 aromatic rings. The standard InChI is InChI=1S/C8H10F2N2O2/c1-4-3-6(7(9)10)11-12(4)5(2)8(13)14/h3,5,7H,1-2H3,(H,13,14). The zero-order valence-electron chi connectivity index (χ0n) is 7.74. The summed E-state index contributed by atoms with van der Waals surface area (Å²) in [6.07, 6.45) is -2.67. The van der Waals surface area contributed by atoms with E-state index in [1.165, 1.54) is 13.0 Å². The molecule has 6 heteroatoms. The summed E-state index contributed by atoms with van der Waals surface area (Å²) in [7, 11) is 0. The minimum absolute atomic E-state index is 0.393. The number of rotatable bonds is 3. The van der Waals surface area contributed by atoms with E-state index in [9.17, 15) is 13.6 Å². The van der Waals surface area contributed by atoms with E-state index in [2.05, 4.69) is 5.10 Å². The Morgan fingerprint density at radius 3 is 2.57 bits per heavy atom. The SMILES string of the molecule is Cc1cc(C(F)F)nn1C(C)C(=O)O. The van der Waals surface area contributed by atoms with Crippen molar-refractivity contribution < 1.29 is 18.7 Å². The molecular weight excluding hydrogens is 194 g/mol. The van der Waals surface area contributed by atoms with Crippen molar-refractivity contribution >= 4 is 5.97 Å². The van der Waals surface area contributed by atoms with E-state index in [-0.39, 0.29) is 0 Å². The quantitative estimate of drug-likeness (QED) is 0.816. The van der Waals surface area contributed by atoms with Crippen LogP contribution in [0.1, 0.15) is 30.8 Å². The number of aliphatic carboxylic acids is 1. The smallest absolute Gasteiger partial charge is 0.328 e. The molecule has 0 fully saturated rings. The van der Waals surface area contributed by atoms with Crippen molar-refractivity contribution in [2.45, 2.75) is 26.3 Å². The molecule has 78 valence electrons. The van der Waals surface area contributed by atoms with Crippen LogP contribution in [0.4, 0.5) is 8.78 Å². The average Bonchev–Trinajstić information content (AvgIpc) is 2.46. The van der Waals surface area contributed by atoms with Gasteiger partial charge in [-0.25, -0.2) is 13.6 Å². The number of carboxylic acids is 1. The maximum atomic E-state index is 12.2. The van der Waals surface area contributed by atoms with Gasteiger partial charge >= 0.3 is 5.97 Å². The van der Waals surface area contributed by atoms with Crippen molar-refractivity contribution in [1.82, 2.24) is 9.78 Å². The van der Waals surface area contributed by atoms with Gasteiger partial charge in [-0.2, -0.15) is 5.10 Å². The summed E-state index contributed by atoms with van der Waals surface area (Å²) in [6, 6.07) is 0.256. The van der Waals surface area contributed by atoms with Crippen LogP contribution in [0, 0.1) is 6.92 Å². The van der Waals surface area contributed by atoms with E-state index in [4.69, 9.17) is 5.11 Å². The van der Waals surface area contributed by atoms with Crippen molar-refractivity contribution in [2.24, 2.45) is 0 Å². The number of hydrogen-bond donors (Lipinski definition) is 1. The molecule has 4 nitrogen and oxygen atoms in total. The van der Waals surface area contributed by atoms with Gasteiger partial charge in [0.1, 0.15) is 11.7 Å². The Balaban J connectivity index is 3.04. The second-order valence-corrected chi connectivity index (χ2v) is 2.97. The molecule has 1 atom stereocenters. The summed E-state index contributed by atoms with van der Waals surface area (Å²) in [6.45, 7) is 2.93. The van der Waals surface area contributed by atoms with Gasteiger partial charge in [0, 0.05) is 5.69 Å². The van der Waals surface area contributed by atoms with Gasteiger partial charge in [-0.1, -0.05) is 0 Å². The highest BCUT2D eigenvalue weighted by Gasteiger charge is 2.20. The monoisotopic (exact) mass is 204 g/mol. The lowest BCUT2D eigenvalue weighted by atomic mass is 10.3. The van der Waals surface area contributed by atoms with E-state index in [1.807, 2.05) is 0 Å². The third kappa shape index (κ3) is 1.89. The molecule has 0 spiro atoms. The van der Waals surface area contributed by atoms with Crippen LogP contribution < -0.4 is 0 Å². The first kappa shape index (κ1) is 10.6. The van der Waals surface area contributed by atoms with Crippen molar-refractivity contribution in [3.05, 3.63) is 17.5 Å². The lowest BCUT2D eigenvalue weighted by Gasteiger charge is -2.08. The number of carbonyl (C=O) groups is 1. The second-order valence-electron chi connectivity index (χ2n) is 2.97. The van der Waals surface area contributed by atoms with Crippen LogP contribution in [-0.2, 0) is 4.79 Å². The van der Waals surface area contributed by atoms with Gasteiger partial charge in [0.05, 0.1) is 0 Å². The van der Waals surface area contributed by atoms with Crippen LogP contribution in [-0.4, -0.2) is 20.9 Å². The van der Waals surface area contributed by atoms with Crippen LogP contribution in [0.2, 0.25) is 0 Å². The molecular formula is C8H10F2N2O2. The minimum Gasteiger partial charge on any atom is -0.480 e. The molecule has 0 bridgehead atoms. The molecule has 0 aromatic carbocycles. The summed E-state index contributed by atoms with van der Waals surface area (Å²) in [5, 5.41) is 12.2. The molecule has 0 saturated carbocycles. The van der Waals surface area contributed by atoms with Gasteiger partial charge in [0.25, 0.3) is 6.43 Å². The summed E-state index contributed by atoms with van der Waals surface area (Å²) < 4.78 is 25.5. The number of carboxylic acid groups (broad SMARTS) is 1. The Bertz CT molecular complexity index is 349. The second kappa shape index (κ2) is 3.73. The third-order valence-corrected chi connectivity index (χ3v) is 1.89. The molecule has 1 heterocycles. The normalized spacial score (nSPS) is 13.2. The zero-order chi connectivity index (χ0) is 10.9. The van der Waals surface area contributed by atoms with Crippen LogP contribution in [0.3, 0.4) is 0 Å². The molecule has 1 aromatic heterocycles. The number of alkyl halides is 2. The molecule has 0 aliphatic heterocycles. The Labute approximate surface area is 79.2 Å². The largest absolute Gasteiger partial charge is 0.480 e. The first-order chi connectivity index (χ1) is 6.43. The molecule has 14 heavy (non-hydrogen) atoms. The van der Waals surface area contributed by atoms with Crippen LogP contribution in [0.15, 0.2) is 6.07 Å². The van der Waals surface area contributed by atoms with Gasteiger partial charge < -0.3 is 5.11 Å². The molecule has 0 aliphatic rings. The summed E-state index contributed by atoms with van der Waals surface area (Å²) in [5.74, 6) is -1.10. The number of halogens is 2. The average molecular weight is 204 g/mol. The van der Waals surface area contributed by atoms with Crippen molar-refractivity contribution in [2.75, 3.05) is 0 Å². The molecule has 1 N–H and O–H groups in total.